The molecule has 14 nitrogen and oxygen atoms in total. The number of H-pyrrole nitrogens is 1. The minimum Gasteiger partial charge on any atom is -0.496 e. The van der Waals surface area contributed by atoms with Crippen molar-refractivity contribution in [2.24, 2.45) is 13.0 Å². The molecule has 5 aromatic rings. The minimum absolute atomic E-state index is 0. The van der Waals surface area contributed by atoms with E-state index in [9.17, 15) is 32.3 Å². The van der Waals surface area contributed by atoms with Gasteiger partial charge in [-0.15, -0.1) is 0 Å². The summed E-state index contributed by atoms with van der Waals surface area (Å²) in [5.74, 6) is 0.668. The standard InChI is InChI=1S/C26H36N4O4.C13H8F3N5O.2H2/c1-28-24-19(30(26(28)33)20-9-11-22(31)27-25(20)32)8-10-21(34-2)23(24)18-12-14-29(15-13-18)16-17-6-4-3-5-7-17;14-13(15,16)10-3-1-2-8(19-10)12(22)20-11-4-7-5-18-21-9(7)6-17-11;;/h8,10,17-18,20H,3-7,9,11-16H2,1-2H3,(H,27,31,32);1-6H,(H,18,21)(H,17,20,22);2*1H/t20-;;;/m0.../s1. The fourth-order valence-electron chi connectivity index (χ4n) is 8.24. The molecule has 1 atom stereocenters. The molecule has 6 heterocycles. The number of alkyl halides is 3. The molecule has 300 valence electrons. The van der Waals surface area contributed by atoms with Gasteiger partial charge in [0.25, 0.3) is 5.91 Å². The van der Waals surface area contributed by atoms with Crippen LogP contribution in [0.5, 0.6) is 5.75 Å². The Labute approximate surface area is 322 Å². The van der Waals surface area contributed by atoms with Gasteiger partial charge in [0.15, 0.2) is 0 Å². The lowest BCUT2D eigenvalue weighted by molar-refractivity contribution is -0.141. The predicted octanol–water partition coefficient (Wildman–Crippen LogP) is 6.20. The van der Waals surface area contributed by atoms with Crippen LogP contribution in [0.25, 0.3) is 21.9 Å². The maximum absolute atomic E-state index is 13.3. The van der Waals surface area contributed by atoms with Crippen LogP contribution < -0.4 is 21.1 Å². The van der Waals surface area contributed by atoms with Gasteiger partial charge in [0.2, 0.25) is 11.8 Å². The van der Waals surface area contributed by atoms with Crippen LogP contribution in [0.15, 0.2) is 53.6 Å². The average molecular weight is 780 g/mol. The molecule has 17 heteroatoms. The molecule has 1 aliphatic carbocycles. The number of amides is 3. The second kappa shape index (κ2) is 16.3. The molecule has 2 saturated heterocycles. The van der Waals surface area contributed by atoms with Crippen LogP contribution in [0.1, 0.15) is 94.3 Å². The monoisotopic (exact) mass is 779 g/mol. The van der Waals surface area contributed by atoms with E-state index in [0.717, 1.165) is 66.3 Å². The van der Waals surface area contributed by atoms with E-state index in [1.807, 2.05) is 12.1 Å². The number of anilines is 1. The highest BCUT2D eigenvalue weighted by Crippen LogP contribution is 2.40. The molecule has 3 fully saturated rings. The summed E-state index contributed by atoms with van der Waals surface area (Å²) >= 11 is 0. The first-order valence-corrected chi connectivity index (χ1v) is 18.9. The van der Waals surface area contributed by atoms with Crippen molar-refractivity contribution in [2.75, 3.05) is 32.1 Å². The number of carbonyl (C=O) groups excluding carboxylic acids is 3. The number of carbonyl (C=O) groups is 3. The molecule has 3 amide bonds. The number of benzene rings is 1. The second-order valence-corrected chi connectivity index (χ2v) is 14.7. The fourth-order valence-corrected chi connectivity index (χ4v) is 8.24. The highest BCUT2D eigenvalue weighted by atomic mass is 19.4. The number of imidazole rings is 1. The normalized spacial score (nSPS) is 18.8. The molecule has 1 saturated carbocycles. The van der Waals surface area contributed by atoms with E-state index in [4.69, 9.17) is 4.74 Å². The third-order valence-electron chi connectivity index (χ3n) is 11.1. The number of likely N-dealkylation sites (tertiary alicyclic amines) is 1. The number of ether oxygens (including phenoxy) is 1. The number of pyridine rings is 2. The first-order valence-electron chi connectivity index (χ1n) is 18.9. The Kier molecular flexibility index (Phi) is 11.2. The topological polar surface area (TPSA) is 169 Å². The molecule has 2 aliphatic heterocycles. The molecule has 0 unspecified atom stereocenters. The maximum atomic E-state index is 13.3. The van der Waals surface area contributed by atoms with E-state index < -0.39 is 29.7 Å². The number of hydrogen-bond donors (Lipinski definition) is 3. The van der Waals surface area contributed by atoms with Gasteiger partial charge in [-0.3, -0.25) is 33.9 Å². The largest absolute Gasteiger partial charge is 0.496 e. The second-order valence-electron chi connectivity index (χ2n) is 14.7. The Morgan fingerprint density at radius 3 is 2.50 bits per heavy atom. The highest BCUT2D eigenvalue weighted by Gasteiger charge is 2.35. The van der Waals surface area contributed by atoms with Gasteiger partial charge in [-0.2, -0.15) is 18.3 Å². The third-order valence-corrected chi connectivity index (χ3v) is 11.1. The molecule has 0 spiro atoms. The Bertz CT molecular complexity index is 2320. The van der Waals surface area contributed by atoms with Gasteiger partial charge in [0.1, 0.15) is 29.0 Å². The van der Waals surface area contributed by atoms with E-state index >= 15 is 0 Å². The van der Waals surface area contributed by atoms with Gasteiger partial charge in [-0.05, 0) is 87.4 Å². The van der Waals surface area contributed by atoms with Gasteiger partial charge in [-0.1, -0.05) is 25.3 Å². The van der Waals surface area contributed by atoms with Crippen molar-refractivity contribution in [1.29, 1.82) is 0 Å². The van der Waals surface area contributed by atoms with Crippen molar-refractivity contribution < 1.29 is 35.1 Å². The van der Waals surface area contributed by atoms with Crippen LogP contribution in [0.2, 0.25) is 0 Å². The number of methoxy groups -OCH3 is 1. The number of aryl methyl sites for hydroxylation is 1. The minimum atomic E-state index is -4.61. The molecule has 3 aliphatic rings. The number of nitrogens with one attached hydrogen (secondary N) is 3. The van der Waals surface area contributed by atoms with Crippen LogP contribution >= 0.6 is 0 Å². The summed E-state index contributed by atoms with van der Waals surface area (Å²) in [4.78, 5) is 59.4. The summed E-state index contributed by atoms with van der Waals surface area (Å²) < 4.78 is 46.7. The average Bonchev–Trinajstić information content (AvgIpc) is 3.76. The lowest BCUT2D eigenvalue weighted by Gasteiger charge is -2.36. The summed E-state index contributed by atoms with van der Waals surface area (Å²) in [6.45, 7) is 3.32. The molecular formula is C39H48F3N9O5. The van der Waals surface area contributed by atoms with Crippen molar-refractivity contribution >= 4 is 45.5 Å². The van der Waals surface area contributed by atoms with Crippen molar-refractivity contribution in [3.05, 3.63) is 76.2 Å². The third kappa shape index (κ3) is 8.17. The zero-order valence-electron chi connectivity index (χ0n) is 31.2. The first kappa shape index (κ1) is 38.7. The Morgan fingerprint density at radius 2 is 1.79 bits per heavy atom. The van der Waals surface area contributed by atoms with Crippen molar-refractivity contribution in [3.8, 4) is 5.75 Å². The summed E-state index contributed by atoms with van der Waals surface area (Å²) in [5, 5.41) is 12.0. The van der Waals surface area contributed by atoms with E-state index in [-0.39, 0.29) is 32.4 Å². The van der Waals surface area contributed by atoms with Gasteiger partial charge in [-0.25, -0.2) is 14.8 Å². The molecule has 4 aromatic heterocycles. The highest BCUT2D eigenvalue weighted by molar-refractivity contribution is 6.03. The van der Waals surface area contributed by atoms with Crippen molar-refractivity contribution in [1.82, 2.24) is 39.5 Å². The maximum Gasteiger partial charge on any atom is 0.433 e. The van der Waals surface area contributed by atoms with E-state index in [1.54, 1.807) is 29.4 Å². The number of imide groups is 1. The number of aromatic nitrogens is 6. The molecule has 0 bridgehead atoms. The molecule has 8 rings (SSSR count). The Hall–Kier alpha value is -5.58. The smallest absolute Gasteiger partial charge is 0.433 e. The number of fused-ring (bicyclic) bond motifs is 2. The van der Waals surface area contributed by atoms with E-state index in [2.05, 4.69) is 35.7 Å². The lowest BCUT2D eigenvalue weighted by atomic mass is 9.85. The summed E-state index contributed by atoms with van der Waals surface area (Å²) in [6, 6.07) is 7.79. The number of piperidine rings is 2. The predicted molar refractivity (Wildman–Crippen MR) is 205 cm³/mol. The van der Waals surface area contributed by atoms with Gasteiger partial charge >= 0.3 is 11.9 Å². The van der Waals surface area contributed by atoms with Gasteiger partial charge < -0.3 is 15.0 Å². The fraction of sp³-hybridized carbons (Fsp3) is 0.462. The number of aromatic amines is 1. The number of rotatable bonds is 7. The first-order chi connectivity index (χ1) is 26.9. The lowest BCUT2D eigenvalue weighted by Crippen LogP contribution is -2.44. The van der Waals surface area contributed by atoms with Crippen LogP contribution in [0.3, 0.4) is 0 Å². The summed E-state index contributed by atoms with van der Waals surface area (Å²) in [7, 11) is 3.45. The SMILES string of the molecule is COc1ccc2c(c1C1CCN(CC3CCCCC3)CC1)n(C)c(=O)n2[C@H]1CCC(=O)NC1=O.O=C(Nc1cc2cn[nH]c2cn1)c1cccc(C(F)(F)F)n1.[HH].[HH]. The van der Waals surface area contributed by atoms with Crippen LogP contribution in [0, 0.1) is 5.92 Å². The molecule has 3 N–H and O–H groups in total. The molecular weight excluding hydrogens is 731 g/mol. The summed E-state index contributed by atoms with van der Waals surface area (Å²) in [5.41, 5.74) is 1.64. The zero-order valence-corrected chi connectivity index (χ0v) is 31.2. The van der Waals surface area contributed by atoms with Crippen LogP contribution in [0.4, 0.5) is 19.0 Å². The van der Waals surface area contributed by atoms with E-state index in [1.165, 1.54) is 57.1 Å². The van der Waals surface area contributed by atoms with Gasteiger partial charge in [0, 0.05) is 33.8 Å². The molecule has 56 heavy (non-hydrogen) atoms. The Morgan fingerprint density at radius 1 is 1.02 bits per heavy atom. The van der Waals surface area contributed by atoms with Crippen LogP contribution in [-0.4, -0.2) is 78.7 Å². The van der Waals surface area contributed by atoms with Crippen LogP contribution in [-0.2, 0) is 22.8 Å². The zero-order chi connectivity index (χ0) is 39.6. The van der Waals surface area contributed by atoms with E-state index in [0.29, 0.717) is 23.2 Å². The summed E-state index contributed by atoms with van der Waals surface area (Å²) in [6.07, 6.45) is 7.88. The number of halogens is 3. The number of nitrogens with zero attached hydrogens (tertiary/aromatic N) is 6. The molecule has 1 aromatic carbocycles. The Balaban J connectivity index is 0.000000232. The number of hydrogen-bond acceptors (Lipinski definition) is 9. The quantitative estimate of drug-likeness (QED) is 0.163. The van der Waals surface area contributed by atoms with Gasteiger partial charge in [0.05, 0.1) is 36.1 Å². The molecule has 0 radical (unpaired) electrons. The van der Waals surface area contributed by atoms with Crippen molar-refractivity contribution in [2.45, 2.75) is 75.9 Å². The van der Waals surface area contributed by atoms with Crippen molar-refractivity contribution in [3.63, 3.8) is 0 Å².